The Morgan fingerprint density at radius 3 is 2.74 bits per heavy atom. The molecule has 0 aliphatic heterocycles. The SMILES string of the molecule is CSc1nc(-c2ncc(Br)cc2F)nn1COCC[Si](C)(C)C. The molecule has 0 saturated heterocycles. The molecule has 5 nitrogen and oxygen atoms in total. The number of halogens is 2. The molecule has 23 heavy (non-hydrogen) atoms. The van der Waals surface area contributed by atoms with Crippen molar-refractivity contribution in [1.82, 2.24) is 19.7 Å². The Morgan fingerprint density at radius 1 is 1.39 bits per heavy atom. The zero-order chi connectivity index (χ0) is 17.0. The van der Waals surface area contributed by atoms with Crippen LogP contribution in [-0.2, 0) is 11.5 Å². The Labute approximate surface area is 149 Å². The van der Waals surface area contributed by atoms with Gasteiger partial charge in [-0.2, -0.15) is 4.98 Å². The normalized spacial score (nSPS) is 11.9. The minimum atomic E-state index is -1.12. The molecule has 0 amide bonds. The van der Waals surface area contributed by atoms with Gasteiger partial charge in [0.25, 0.3) is 0 Å². The quantitative estimate of drug-likeness (QED) is 0.381. The molecule has 0 spiro atoms. The van der Waals surface area contributed by atoms with Crippen molar-refractivity contribution in [1.29, 1.82) is 0 Å². The van der Waals surface area contributed by atoms with Crippen LogP contribution in [0.1, 0.15) is 0 Å². The Balaban J connectivity index is 2.11. The molecule has 0 fully saturated rings. The summed E-state index contributed by atoms with van der Waals surface area (Å²) in [4.78, 5) is 8.40. The molecule has 0 N–H and O–H groups in total. The second-order valence-corrected chi connectivity index (χ2v) is 13.6. The van der Waals surface area contributed by atoms with Gasteiger partial charge in [-0.1, -0.05) is 31.4 Å². The molecule has 9 heteroatoms. The van der Waals surface area contributed by atoms with Crippen LogP contribution in [0.5, 0.6) is 0 Å². The third-order valence-electron chi connectivity index (χ3n) is 3.05. The molecule has 126 valence electrons. The predicted octanol–water partition coefficient (Wildman–Crippen LogP) is 4.28. The van der Waals surface area contributed by atoms with Gasteiger partial charge < -0.3 is 4.74 Å². The number of hydrogen-bond donors (Lipinski definition) is 0. The summed E-state index contributed by atoms with van der Waals surface area (Å²) in [5.41, 5.74) is 0.143. The lowest BCUT2D eigenvalue weighted by Crippen LogP contribution is -2.22. The molecule has 2 heterocycles. The standard InChI is InChI=1S/C14H20BrFN4OSSi/c1-22-14-18-13(12-11(16)7-10(15)8-17-12)19-20(14)9-21-5-6-23(2,3)4/h7-8H,5-6,9H2,1-4H3. The number of aromatic nitrogens is 4. The monoisotopic (exact) mass is 418 g/mol. The van der Waals surface area contributed by atoms with Crippen LogP contribution in [0.2, 0.25) is 25.7 Å². The number of hydrogen-bond acceptors (Lipinski definition) is 5. The molecular weight excluding hydrogens is 399 g/mol. The molecule has 0 aliphatic rings. The first-order valence-electron chi connectivity index (χ1n) is 7.18. The molecule has 2 rings (SSSR count). The van der Waals surface area contributed by atoms with Crippen LogP contribution in [0.3, 0.4) is 0 Å². The maximum Gasteiger partial charge on any atom is 0.203 e. The van der Waals surface area contributed by atoms with Gasteiger partial charge in [0, 0.05) is 25.4 Å². The van der Waals surface area contributed by atoms with E-state index in [0.29, 0.717) is 23.0 Å². The molecule has 0 atom stereocenters. The predicted molar refractivity (Wildman–Crippen MR) is 96.8 cm³/mol. The van der Waals surface area contributed by atoms with Crippen LogP contribution >= 0.6 is 27.7 Å². The smallest absolute Gasteiger partial charge is 0.203 e. The first-order chi connectivity index (χ1) is 10.8. The molecule has 2 aromatic heterocycles. The minimum Gasteiger partial charge on any atom is -0.359 e. The van der Waals surface area contributed by atoms with Gasteiger partial charge in [-0.05, 0) is 34.3 Å². The van der Waals surface area contributed by atoms with Gasteiger partial charge >= 0.3 is 0 Å². The van der Waals surface area contributed by atoms with Crippen LogP contribution in [-0.4, -0.2) is 40.7 Å². The van der Waals surface area contributed by atoms with E-state index in [2.05, 4.69) is 50.6 Å². The van der Waals surface area contributed by atoms with Gasteiger partial charge in [-0.25, -0.2) is 14.1 Å². The summed E-state index contributed by atoms with van der Waals surface area (Å²) >= 11 is 4.63. The van der Waals surface area contributed by atoms with E-state index in [-0.39, 0.29) is 11.5 Å². The van der Waals surface area contributed by atoms with Crippen molar-refractivity contribution in [3.8, 4) is 11.5 Å². The maximum absolute atomic E-state index is 14.0. The zero-order valence-electron chi connectivity index (χ0n) is 13.6. The topological polar surface area (TPSA) is 52.8 Å². The van der Waals surface area contributed by atoms with E-state index in [1.807, 2.05) is 6.26 Å². The fourth-order valence-electron chi connectivity index (χ4n) is 1.77. The van der Waals surface area contributed by atoms with Crippen LogP contribution in [0.4, 0.5) is 4.39 Å². The van der Waals surface area contributed by atoms with Gasteiger partial charge in [-0.3, -0.25) is 0 Å². The van der Waals surface area contributed by atoms with E-state index in [1.54, 1.807) is 4.68 Å². The van der Waals surface area contributed by atoms with E-state index in [9.17, 15) is 4.39 Å². The summed E-state index contributed by atoms with van der Waals surface area (Å²) in [6.45, 7) is 7.92. The number of ether oxygens (including phenoxy) is 1. The Morgan fingerprint density at radius 2 is 2.13 bits per heavy atom. The van der Waals surface area contributed by atoms with Crippen LogP contribution < -0.4 is 0 Å². The third kappa shape index (κ3) is 5.37. The zero-order valence-corrected chi connectivity index (χ0v) is 17.0. The number of nitrogens with zero attached hydrogens (tertiary/aromatic N) is 4. The fraction of sp³-hybridized carbons (Fsp3) is 0.500. The summed E-state index contributed by atoms with van der Waals surface area (Å²) in [6, 6.07) is 2.44. The summed E-state index contributed by atoms with van der Waals surface area (Å²) in [7, 11) is -1.12. The van der Waals surface area contributed by atoms with Crippen molar-refractivity contribution in [3.05, 3.63) is 22.6 Å². The summed E-state index contributed by atoms with van der Waals surface area (Å²) in [5, 5.41) is 5.01. The molecule has 0 aromatic carbocycles. The highest BCUT2D eigenvalue weighted by Gasteiger charge is 2.17. The van der Waals surface area contributed by atoms with Gasteiger partial charge in [-0.15, -0.1) is 5.10 Å². The largest absolute Gasteiger partial charge is 0.359 e. The molecule has 2 aromatic rings. The lowest BCUT2D eigenvalue weighted by Gasteiger charge is -2.15. The summed E-state index contributed by atoms with van der Waals surface area (Å²) in [5.74, 6) is -0.183. The highest BCUT2D eigenvalue weighted by Crippen LogP contribution is 2.23. The van der Waals surface area contributed by atoms with E-state index >= 15 is 0 Å². The van der Waals surface area contributed by atoms with Gasteiger partial charge in [0.15, 0.2) is 11.0 Å². The Hall–Kier alpha value is -0.773. The van der Waals surface area contributed by atoms with Gasteiger partial charge in [0.2, 0.25) is 5.82 Å². The Bertz CT molecular complexity index is 677. The van der Waals surface area contributed by atoms with Crippen molar-refractivity contribution in [3.63, 3.8) is 0 Å². The molecule has 0 aliphatic carbocycles. The lowest BCUT2D eigenvalue weighted by atomic mass is 10.3. The molecule has 0 bridgehead atoms. The lowest BCUT2D eigenvalue weighted by molar-refractivity contribution is 0.0720. The van der Waals surface area contributed by atoms with E-state index in [1.165, 1.54) is 24.0 Å². The minimum absolute atomic E-state index is 0.143. The number of rotatable bonds is 7. The fourth-order valence-corrected chi connectivity index (χ4v) is 3.31. The van der Waals surface area contributed by atoms with Crippen molar-refractivity contribution in [2.24, 2.45) is 0 Å². The first kappa shape index (κ1) is 18.6. The third-order valence-corrected chi connectivity index (χ3v) is 5.85. The first-order valence-corrected chi connectivity index (χ1v) is 12.9. The molecular formula is C14H20BrFN4OSSi. The van der Waals surface area contributed by atoms with Crippen LogP contribution in [0.15, 0.2) is 21.9 Å². The number of thioether (sulfide) groups is 1. The van der Waals surface area contributed by atoms with E-state index in [0.717, 1.165) is 6.04 Å². The summed E-state index contributed by atoms with van der Waals surface area (Å²) < 4.78 is 21.9. The second kappa shape index (κ2) is 7.87. The van der Waals surface area contributed by atoms with Gasteiger partial charge in [0.1, 0.15) is 12.4 Å². The Kier molecular flexibility index (Phi) is 6.35. The van der Waals surface area contributed by atoms with Crippen molar-refractivity contribution >= 4 is 35.8 Å². The van der Waals surface area contributed by atoms with Gasteiger partial charge in [0.05, 0.1) is 0 Å². The van der Waals surface area contributed by atoms with Crippen LogP contribution in [0, 0.1) is 5.82 Å². The van der Waals surface area contributed by atoms with Crippen molar-refractivity contribution in [2.75, 3.05) is 12.9 Å². The van der Waals surface area contributed by atoms with Crippen molar-refractivity contribution in [2.45, 2.75) is 37.6 Å². The average molecular weight is 419 g/mol. The second-order valence-electron chi connectivity index (χ2n) is 6.25. The average Bonchev–Trinajstić information content (AvgIpc) is 2.85. The van der Waals surface area contributed by atoms with Crippen molar-refractivity contribution < 1.29 is 9.13 Å². The van der Waals surface area contributed by atoms with Crippen LogP contribution in [0.25, 0.3) is 11.5 Å². The molecule has 0 radical (unpaired) electrons. The van der Waals surface area contributed by atoms with E-state index < -0.39 is 13.9 Å². The number of pyridine rings is 1. The van der Waals surface area contributed by atoms with E-state index in [4.69, 9.17) is 4.74 Å². The molecule has 0 saturated carbocycles. The highest BCUT2D eigenvalue weighted by atomic mass is 79.9. The molecule has 0 unspecified atom stereocenters. The maximum atomic E-state index is 14.0. The summed E-state index contributed by atoms with van der Waals surface area (Å²) in [6.07, 6.45) is 3.43. The highest BCUT2D eigenvalue weighted by molar-refractivity contribution is 9.10.